The lowest BCUT2D eigenvalue weighted by Gasteiger charge is -2.46. The lowest BCUT2D eigenvalue weighted by molar-refractivity contribution is 0.242. The molecule has 1 saturated heterocycles. The standard InChI is InChI=1S/C17H25FN2/c1-12(19)14-8-4-9-15(18)17(14)20-11-5-7-13-6-2-3-10-16(13)20/h4,8-9,12-13,16H,2-3,5-7,10-11,19H2,1H3/t12?,13-,16-/m1/s1. The summed E-state index contributed by atoms with van der Waals surface area (Å²) in [5.41, 5.74) is 7.80. The fourth-order valence-electron chi connectivity index (χ4n) is 4.10. The monoisotopic (exact) mass is 276 g/mol. The maximum Gasteiger partial charge on any atom is 0.146 e. The number of hydrogen-bond acceptors (Lipinski definition) is 2. The zero-order valence-electron chi connectivity index (χ0n) is 12.3. The second-order valence-corrected chi connectivity index (χ2v) is 6.41. The fourth-order valence-corrected chi connectivity index (χ4v) is 4.10. The van der Waals surface area contributed by atoms with Crippen LogP contribution in [0.15, 0.2) is 18.2 Å². The third kappa shape index (κ3) is 2.44. The second-order valence-electron chi connectivity index (χ2n) is 6.41. The van der Waals surface area contributed by atoms with Crippen LogP contribution >= 0.6 is 0 Å². The summed E-state index contributed by atoms with van der Waals surface area (Å²) in [6.45, 7) is 2.92. The topological polar surface area (TPSA) is 29.3 Å². The summed E-state index contributed by atoms with van der Waals surface area (Å²) in [4.78, 5) is 2.33. The SMILES string of the molecule is CC(N)c1cccc(F)c1N1CCC[C@H]2CCCC[C@H]21. The van der Waals surface area contributed by atoms with Crippen LogP contribution in [-0.2, 0) is 0 Å². The summed E-state index contributed by atoms with van der Waals surface area (Å²) in [7, 11) is 0. The van der Waals surface area contributed by atoms with E-state index >= 15 is 0 Å². The van der Waals surface area contributed by atoms with Crippen molar-refractivity contribution in [1.29, 1.82) is 0 Å². The summed E-state index contributed by atoms with van der Waals surface area (Å²) in [5, 5.41) is 0. The van der Waals surface area contributed by atoms with Gasteiger partial charge in [-0.2, -0.15) is 0 Å². The number of hydrogen-bond donors (Lipinski definition) is 1. The minimum atomic E-state index is -0.121. The first-order chi connectivity index (χ1) is 9.68. The van der Waals surface area contributed by atoms with Crippen molar-refractivity contribution < 1.29 is 4.39 Å². The molecule has 0 amide bonds. The van der Waals surface area contributed by atoms with E-state index in [2.05, 4.69) is 4.90 Å². The van der Waals surface area contributed by atoms with E-state index in [1.807, 2.05) is 13.0 Å². The van der Waals surface area contributed by atoms with Crippen LogP contribution in [0.5, 0.6) is 0 Å². The van der Waals surface area contributed by atoms with E-state index in [0.717, 1.165) is 23.7 Å². The molecule has 2 fully saturated rings. The van der Waals surface area contributed by atoms with Crippen LogP contribution in [0.25, 0.3) is 0 Å². The van der Waals surface area contributed by atoms with E-state index in [1.54, 1.807) is 12.1 Å². The number of benzene rings is 1. The average Bonchev–Trinajstić information content (AvgIpc) is 2.46. The Hall–Kier alpha value is -1.09. The number of halogens is 1. The number of anilines is 1. The minimum absolute atomic E-state index is 0.106. The number of para-hydroxylation sites is 1. The van der Waals surface area contributed by atoms with E-state index in [-0.39, 0.29) is 11.9 Å². The van der Waals surface area contributed by atoms with Gasteiger partial charge >= 0.3 is 0 Å². The van der Waals surface area contributed by atoms with Gasteiger partial charge in [0.05, 0.1) is 5.69 Å². The average molecular weight is 276 g/mol. The van der Waals surface area contributed by atoms with Crippen LogP contribution in [0, 0.1) is 11.7 Å². The molecule has 3 rings (SSSR count). The number of rotatable bonds is 2. The largest absolute Gasteiger partial charge is 0.366 e. The van der Waals surface area contributed by atoms with Gasteiger partial charge in [-0.05, 0) is 50.2 Å². The second kappa shape index (κ2) is 5.72. The molecule has 3 atom stereocenters. The molecular weight excluding hydrogens is 251 g/mol. The molecular formula is C17H25FN2. The van der Waals surface area contributed by atoms with E-state index in [9.17, 15) is 4.39 Å². The highest BCUT2D eigenvalue weighted by Crippen LogP contribution is 2.40. The van der Waals surface area contributed by atoms with Crippen molar-refractivity contribution in [3.05, 3.63) is 29.6 Å². The molecule has 1 aromatic carbocycles. The van der Waals surface area contributed by atoms with Crippen molar-refractivity contribution in [2.45, 2.75) is 57.5 Å². The van der Waals surface area contributed by atoms with Gasteiger partial charge in [-0.1, -0.05) is 25.0 Å². The molecule has 1 aromatic rings. The molecule has 0 aromatic heterocycles. The van der Waals surface area contributed by atoms with Gasteiger partial charge < -0.3 is 10.6 Å². The van der Waals surface area contributed by atoms with E-state index < -0.39 is 0 Å². The Balaban J connectivity index is 1.98. The van der Waals surface area contributed by atoms with Gasteiger partial charge in [-0.25, -0.2) is 4.39 Å². The van der Waals surface area contributed by atoms with E-state index in [4.69, 9.17) is 5.73 Å². The smallest absolute Gasteiger partial charge is 0.146 e. The molecule has 0 spiro atoms. The third-order valence-corrected chi connectivity index (χ3v) is 5.04. The highest BCUT2D eigenvalue weighted by Gasteiger charge is 2.35. The maximum absolute atomic E-state index is 14.5. The van der Waals surface area contributed by atoms with Gasteiger partial charge in [0.2, 0.25) is 0 Å². The predicted molar refractivity (Wildman–Crippen MR) is 81.3 cm³/mol. The Morgan fingerprint density at radius 1 is 1.20 bits per heavy atom. The Morgan fingerprint density at radius 3 is 2.75 bits per heavy atom. The van der Waals surface area contributed by atoms with Gasteiger partial charge in [0.25, 0.3) is 0 Å². The Morgan fingerprint density at radius 2 is 1.95 bits per heavy atom. The van der Waals surface area contributed by atoms with Crippen LogP contribution < -0.4 is 10.6 Å². The van der Waals surface area contributed by atoms with Crippen LogP contribution in [0.3, 0.4) is 0 Å². The Labute approximate surface area is 121 Å². The molecule has 1 saturated carbocycles. The molecule has 0 radical (unpaired) electrons. The minimum Gasteiger partial charge on any atom is -0.366 e. The summed E-state index contributed by atoms with van der Waals surface area (Å²) >= 11 is 0. The Kier molecular flexibility index (Phi) is 3.97. The summed E-state index contributed by atoms with van der Waals surface area (Å²) in [6, 6.07) is 5.74. The van der Waals surface area contributed by atoms with Crippen LogP contribution in [-0.4, -0.2) is 12.6 Å². The van der Waals surface area contributed by atoms with Crippen LogP contribution in [0.4, 0.5) is 10.1 Å². The lowest BCUT2D eigenvalue weighted by Crippen LogP contribution is -2.47. The van der Waals surface area contributed by atoms with Crippen molar-refractivity contribution in [2.75, 3.05) is 11.4 Å². The summed E-state index contributed by atoms with van der Waals surface area (Å²) in [6.07, 6.45) is 7.61. The highest BCUT2D eigenvalue weighted by molar-refractivity contribution is 5.57. The quantitative estimate of drug-likeness (QED) is 0.884. The summed E-state index contributed by atoms with van der Waals surface area (Å²) in [5.74, 6) is 0.643. The Bertz CT molecular complexity index is 470. The molecule has 1 unspecified atom stereocenters. The molecule has 110 valence electrons. The number of fused-ring (bicyclic) bond motifs is 1. The third-order valence-electron chi connectivity index (χ3n) is 5.04. The summed E-state index contributed by atoms with van der Waals surface area (Å²) < 4.78 is 14.5. The fraction of sp³-hybridized carbons (Fsp3) is 0.647. The van der Waals surface area contributed by atoms with Gasteiger partial charge in [0.1, 0.15) is 5.82 Å². The van der Waals surface area contributed by atoms with Gasteiger partial charge in [0, 0.05) is 18.6 Å². The molecule has 20 heavy (non-hydrogen) atoms. The molecule has 2 nitrogen and oxygen atoms in total. The van der Waals surface area contributed by atoms with Gasteiger partial charge in [0.15, 0.2) is 0 Å². The molecule has 0 bridgehead atoms. The maximum atomic E-state index is 14.5. The first-order valence-corrected chi connectivity index (χ1v) is 7.99. The molecule has 1 heterocycles. The zero-order valence-corrected chi connectivity index (χ0v) is 12.3. The first kappa shape index (κ1) is 13.9. The predicted octanol–water partition coefficient (Wildman–Crippen LogP) is 4.00. The van der Waals surface area contributed by atoms with Crippen molar-refractivity contribution in [3.8, 4) is 0 Å². The number of nitrogens with zero attached hydrogens (tertiary/aromatic N) is 1. The highest BCUT2D eigenvalue weighted by atomic mass is 19.1. The zero-order chi connectivity index (χ0) is 14.1. The van der Waals surface area contributed by atoms with Crippen molar-refractivity contribution >= 4 is 5.69 Å². The van der Waals surface area contributed by atoms with Gasteiger partial charge in [-0.3, -0.25) is 0 Å². The van der Waals surface area contributed by atoms with Crippen LogP contribution in [0.2, 0.25) is 0 Å². The number of piperidine rings is 1. The molecule has 2 N–H and O–H groups in total. The van der Waals surface area contributed by atoms with Gasteiger partial charge in [-0.15, -0.1) is 0 Å². The molecule has 1 aliphatic heterocycles. The number of nitrogens with two attached hydrogens (primary N) is 1. The van der Waals surface area contributed by atoms with E-state index in [1.165, 1.54) is 38.5 Å². The van der Waals surface area contributed by atoms with Crippen molar-refractivity contribution in [1.82, 2.24) is 0 Å². The normalized spacial score (nSPS) is 28.1. The lowest BCUT2D eigenvalue weighted by atomic mass is 9.78. The molecule has 2 aliphatic rings. The van der Waals surface area contributed by atoms with Crippen molar-refractivity contribution in [2.24, 2.45) is 11.7 Å². The molecule has 1 aliphatic carbocycles. The van der Waals surface area contributed by atoms with Crippen LogP contribution in [0.1, 0.15) is 57.1 Å². The first-order valence-electron chi connectivity index (χ1n) is 7.99. The van der Waals surface area contributed by atoms with E-state index in [0.29, 0.717) is 6.04 Å². The van der Waals surface area contributed by atoms with Crippen molar-refractivity contribution in [3.63, 3.8) is 0 Å². The molecule has 3 heteroatoms.